The molecule has 2 saturated heterocycles. The molecule has 0 bridgehead atoms. The summed E-state index contributed by atoms with van der Waals surface area (Å²) in [6.45, 7) is 2.58. The van der Waals surface area contributed by atoms with Gasteiger partial charge in [0.15, 0.2) is 5.78 Å². The van der Waals surface area contributed by atoms with Gasteiger partial charge in [-0.1, -0.05) is 0 Å². The Morgan fingerprint density at radius 3 is 2.56 bits per heavy atom. The minimum atomic E-state index is -0.772. The molecule has 5 nitrogen and oxygen atoms in total. The SMILES string of the molecule is COC1(C(=O)N2CCCC(C(=O)c3ccc(F)cc3)C2)CCNCC1. The molecule has 2 fully saturated rings. The summed E-state index contributed by atoms with van der Waals surface area (Å²) in [7, 11) is 1.59. The lowest BCUT2D eigenvalue weighted by molar-refractivity contribution is -0.159. The number of piperidine rings is 2. The van der Waals surface area contributed by atoms with Crippen LogP contribution < -0.4 is 5.32 Å². The lowest BCUT2D eigenvalue weighted by Crippen LogP contribution is -2.57. The molecule has 0 aliphatic carbocycles. The largest absolute Gasteiger partial charge is 0.368 e. The Bertz CT molecular complexity index is 626. The van der Waals surface area contributed by atoms with Crippen LogP contribution in [0, 0.1) is 11.7 Å². The molecule has 1 atom stereocenters. The molecule has 1 amide bonds. The van der Waals surface area contributed by atoms with Gasteiger partial charge in [0.25, 0.3) is 5.91 Å². The number of carbonyl (C=O) groups excluding carboxylic acids is 2. The van der Waals surface area contributed by atoms with Crippen molar-refractivity contribution >= 4 is 11.7 Å². The molecule has 1 N–H and O–H groups in total. The molecule has 1 aromatic rings. The number of nitrogens with one attached hydrogen (secondary N) is 1. The van der Waals surface area contributed by atoms with E-state index in [1.807, 2.05) is 0 Å². The highest BCUT2D eigenvalue weighted by Crippen LogP contribution is 2.29. The lowest BCUT2D eigenvalue weighted by atomic mass is 9.86. The number of rotatable bonds is 4. The molecule has 0 spiro atoms. The lowest BCUT2D eigenvalue weighted by Gasteiger charge is -2.41. The molecule has 6 heteroatoms. The van der Waals surface area contributed by atoms with Crippen LogP contribution in [-0.2, 0) is 9.53 Å². The maximum Gasteiger partial charge on any atom is 0.254 e. The molecule has 25 heavy (non-hydrogen) atoms. The Morgan fingerprint density at radius 1 is 1.24 bits per heavy atom. The smallest absolute Gasteiger partial charge is 0.254 e. The predicted molar refractivity (Wildman–Crippen MR) is 91.9 cm³/mol. The standard InChI is InChI=1S/C19H25FN2O3/c1-25-19(8-10-21-11-9-19)18(24)22-12-2-3-15(13-22)17(23)14-4-6-16(20)7-5-14/h4-7,15,21H,2-3,8-13H2,1H3. The average molecular weight is 348 g/mol. The Kier molecular flexibility index (Phi) is 5.49. The molecule has 136 valence electrons. The van der Waals surface area contributed by atoms with Gasteiger partial charge in [-0.05, 0) is 63.0 Å². The number of methoxy groups -OCH3 is 1. The molecule has 0 radical (unpaired) electrons. The first-order valence-electron chi connectivity index (χ1n) is 8.91. The van der Waals surface area contributed by atoms with Gasteiger partial charge in [-0.3, -0.25) is 9.59 Å². The van der Waals surface area contributed by atoms with Gasteiger partial charge >= 0.3 is 0 Å². The highest BCUT2D eigenvalue weighted by molar-refractivity contribution is 5.98. The molecule has 2 aliphatic heterocycles. The topological polar surface area (TPSA) is 58.6 Å². The van der Waals surface area contributed by atoms with Crippen molar-refractivity contribution in [3.63, 3.8) is 0 Å². The number of ketones is 1. The number of likely N-dealkylation sites (tertiary alicyclic amines) is 1. The fraction of sp³-hybridized carbons (Fsp3) is 0.579. The second-order valence-corrected chi connectivity index (χ2v) is 6.91. The molecule has 0 saturated carbocycles. The van der Waals surface area contributed by atoms with Crippen LogP contribution in [0.15, 0.2) is 24.3 Å². The van der Waals surface area contributed by atoms with Crippen molar-refractivity contribution in [2.45, 2.75) is 31.3 Å². The van der Waals surface area contributed by atoms with Gasteiger partial charge in [0, 0.05) is 31.7 Å². The number of halogens is 1. The molecule has 1 unspecified atom stereocenters. The van der Waals surface area contributed by atoms with E-state index in [0.717, 1.165) is 25.9 Å². The quantitative estimate of drug-likeness (QED) is 0.846. The van der Waals surface area contributed by atoms with Crippen molar-refractivity contribution in [1.82, 2.24) is 10.2 Å². The number of hydrogen-bond acceptors (Lipinski definition) is 4. The maximum absolute atomic E-state index is 13.1. The van der Waals surface area contributed by atoms with Crippen LogP contribution in [0.2, 0.25) is 0 Å². The van der Waals surface area contributed by atoms with E-state index in [9.17, 15) is 14.0 Å². The molecular weight excluding hydrogens is 323 g/mol. The summed E-state index contributed by atoms with van der Waals surface area (Å²) in [6.07, 6.45) is 2.84. The Hall–Kier alpha value is -1.79. The summed E-state index contributed by atoms with van der Waals surface area (Å²) < 4.78 is 18.7. The number of ether oxygens (including phenoxy) is 1. The van der Waals surface area contributed by atoms with E-state index in [1.54, 1.807) is 12.0 Å². The van der Waals surface area contributed by atoms with Crippen LogP contribution in [-0.4, -0.2) is 55.5 Å². The van der Waals surface area contributed by atoms with Crippen LogP contribution >= 0.6 is 0 Å². The van der Waals surface area contributed by atoms with Gasteiger partial charge < -0.3 is 15.0 Å². The van der Waals surface area contributed by atoms with Crippen LogP contribution in [0.4, 0.5) is 4.39 Å². The third kappa shape index (κ3) is 3.75. The first-order valence-corrected chi connectivity index (χ1v) is 8.91. The van der Waals surface area contributed by atoms with Gasteiger partial charge in [-0.2, -0.15) is 0 Å². The third-order valence-electron chi connectivity index (χ3n) is 5.40. The first kappa shape index (κ1) is 18.0. The monoisotopic (exact) mass is 348 g/mol. The van der Waals surface area contributed by atoms with Crippen LogP contribution in [0.3, 0.4) is 0 Å². The zero-order chi connectivity index (χ0) is 17.9. The van der Waals surface area contributed by atoms with Gasteiger partial charge in [0.2, 0.25) is 0 Å². The van der Waals surface area contributed by atoms with E-state index in [0.29, 0.717) is 31.5 Å². The molecule has 0 aromatic heterocycles. The fourth-order valence-electron chi connectivity index (χ4n) is 3.85. The predicted octanol–water partition coefficient (Wildman–Crippen LogP) is 2.02. The highest BCUT2D eigenvalue weighted by atomic mass is 19.1. The van der Waals surface area contributed by atoms with Gasteiger partial charge in [-0.25, -0.2) is 4.39 Å². The summed E-state index contributed by atoms with van der Waals surface area (Å²) in [6, 6.07) is 5.63. The van der Waals surface area contributed by atoms with Crippen molar-refractivity contribution in [3.8, 4) is 0 Å². The number of hydrogen-bond donors (Lipinski definition) is 1. The minimum absolute atomic E-state index is 0.00638. The van der Waals surface area contributed by atoms with Gasteiger partial charge in [-0.15, -0.1) is 0 Å². The summed E-state index contributed by atoms with van der Waals surface area (Å²) in [5.41, 5.74) is -0.268. The van der Waals surface area contributed by atoms with Gasteiger partial charge in [0.05, 0.1) is 0 Å². The van der Waals surface area contributed by atoms with Crippen LogP contribution in [0.5, 0.6) is 0 Å². The number of nitrogens with zero attached hydrogens (tertiary/aromatic N) is 1. The zero-order valence-corrected chi connectivity index (χ0v) is 14.6. The molecule has 2 aliphatic rings. The second-order valence-electron chi connectivity index (χ2n) is 6.91. The molecule has 3 rings (SSSR count). The van der Waals surface area contributed by atoms with E-state index >= 15 is 0 Å². The molecule has 1 aromatic carbocycles. The van der Waals surface area contributed by atoms with Crippen molar-refractivity contribution in [2.75, 3.05) is 33.3 Å². The first-order chi connectivity index (χ1) is 12.1. The van der Waals surface area contributed by atoms with E-state index in [4.69, 9.17) is 4.74 Å². The average Bonchev–Trinajstić information content (AvgIpc) is 2.68. The van der Waals surface area contributed by atoms with Gasteiger partial charge in [0.1, 0.15) is 11.4 Å². The molecule has 2 heterocycles. The minimum Gasteiger partial charge on any atom is -0.368 e. The fourth-order valence-corrected chi connectivity index (χ4v) is 3.85. The summed E-state index contributed by atoms with van der Waals surface area (Å²) in [5, 5.41) is 3.25. The van der Waals surface area contributed by atoms with Crippen molar-refractivity contribution in [3.05, 3.63) is 35.6 Å². The number of benzene rings is 1. The van der Waals surface area contributed by atoms with Crippen molar-refractivity contribution < 1.29 is 18.7 Å². The summed E-state index contributed by atoms with van der Waals surface area (Å²) in [5.74, 6) is -0.619. The van der Waals surface area contributed by atoms with E-state index in [1.165, 1.54) is 24.3 Å². The number of Topliss-reactive ketones (excluding diaryl/α,β-unsaturated/α-hetero) is 1. The third-order valence-corrected chi connectivity index (χ3v) is 5.40. The number of carbonyl (C=O) groups is 2. The van der Waals surface area contributed by atoms with E-state index < -0.39 is 5.60 Å². The molecular formula is C19H25FN2O3. The zero-order valence-electron chi connectivity index (χ0n) is 14.6. The van der Waals surface area contributed by atoms with Crippen LogP contribution in [0.1, 0.15) is 36.0 Å². The van der Waals surface area contributed by atoms with Crippen LogP contribution in [0.25, 0.3) is 0 Å². The Labute approximate surface area is 147 Å². The summed E-state index contributed by atoms with van der Waals surface area (Å²) >= 11 is 0. The number of amides is 1. The van der Waals surface area contributed by atoms with E-state index in [-0.39, 0.29) is 23.4 Å². The summed E-state index contributed by atoms with van der Waals surface area (Å²) in [4.78, 5) is 27.6. The Morgan fingerprint density at radius 2 is 1.92 bits per heavy atom. The Balaban J connectivity index is 1.71. The second kappa shape index (κ2) is 7.62. The van der Waals surface area contributed by atoms with E-state index in [2.05, 4.69) is 5.32 Å². The normalized spacial score (nSPS) is 23.3. The van der Waals surface area contributed by atoms with Crippen molar-refractivity contribution in [2.24, 2.45) is 5.92 Å². The van der Waals surface area contributed by atoms with Crippen molar-refractivity contribution in [1.29, 1.82) is 0 Å². The highest BCUT2D eigenvalue weighted by Gasteiger charge is 2.43. The maximum atomic E-state index is 13.1.